The van der Waals surface area contributed by atoms with Crippen LogP contribution in [0.1, 0.15) is 36.2 Å². The lowest BCUT2D eigenvalue weighted by molar-refractivity contribution is 0.0734. The molecule has 0 aromatic heterocycles. The standard InChI is InChI=1S/C18H20O3/c1-3-5-14-6-8-15(9-7-14)18(19)21-17-12-10-16(11-13-17)20-4-2/h6-13H,3-5H2,1-2H3. The van der Waals surface area contributed by atoms with Crippen LogP contribution in [0.5, 0.6) is 11.5 Å². The van der Waals surface area contributed by atoms with Gasteiger partial charge in [-0.1, -0.05) is 25.5 Å². The maximum Gasteiger partial charge on any atom is 0.343 e. The van der Waals surface area contributed by atoms with E-state index in [2.05, 4.69) is 6.92 Å². The Morgan fingerprint density at radius 1 is 0.905 bits per heavy atom. The lowest BCUT2D eigenvalue weighted by Gasteiger charge is -2.07. The van der Waals surface area contributed by atoms with Gasteiger partial charge in [-0.3, -0.25) is 0 Å². The van der Waals surface area contributed by atoms with Gasteiger partial charge in [0.1, 0.15) is 11.5 Å². The smallest absolute Gasteiger partial charge is 0.343 e. The molecule has 0 atom stereocenters. The highest BCUT2D eigenvalue weighted by Gasteiger charge is 2.08. The molecule has 3 nitrogen and oxygen atoms in total. The van der Waals surface area contributed by atoms with Gasteiger partial charge in [0.05, 0.1) is 12.2 Å². The number of benzene rings is 2. The van der Waals surface area contributed by atoms with E-state index >= 15 is 0 Å². The quantitative estimate of drug-likeness (QED) is 0.587. The number of carbonyl (C=O) groups is 1. The number of hydrogen-bond acceptors (Lipinski definition) is 3. The number of rotatable bonds is 6. The van der Waals surface area contributed by atoms with Gasteiger partial charge in [0, 0.05) is 0 Å². The fourth-order valence-electron chi connectivity index (χ4n) is 2.03. The SMILES string of the molecule is CCCc1ccc(C(=O)Oc2ccc(OCC)cc2)cc1. The first kappa shape index (κ1) is 15.1. The maximum absolute atomic E-state index is 12.0. The van der Waals surface area contributed by atoms with Crippen molar-refractivity contribution in [2.75, 3.05) is 6.61 Å². The van der Waals surface area contributed by atoms with Crippen LogP contribution < -0.4 is 9.47 Å². The zero-order valence-corrected chi connectivity index (χ0v) is 12.5. The van der Waals surface area contributed by atoms with Gasteiger partial charge in [-0.25, -0.2) is 4.79 Å². The van der Waals surface area contributed by atoms with Crippen molar-refractivity contribution in [1.29, 1.82) is 0 Å². The first-order valence-corrected chi connectivity index (χ1v) is 7.27. The molecule has 0 saturated carbocycles. The van der Waals surface area contributed by atoms with Crippen LogP contribution in [0, 0.1) is 0 Å². The second kappa shape index (κ2) is 7.48. The molecule has 0 spiro atoms. The summed E-state index contributed by atoms with van der Waals surface area (Å²) in [6.45, 7) is 4.67. The fraction of sp³-hybridized carbons (Fsp3) is 0.278. The van der Waals surface area contributed by atoms with Crippen molar-refractivity contribution in [2.24, 2.45) is 0 Å². The van der Waals surface area contributed by atoms with Crippen LogP contribution in [0.4, 0.5) is 0 Å². The van der Waals surface area contributed by atoms with Crippen molar-refractivity contribution in [1.82, 2.24) is 0 Å². The summed E-state index contributed by atoms with van der Waals surface area (Å²) in [6, 6.07) is 14.6. The summed E-state index contributed by atoms with van der Waals surface area (Å²) in [6.07, 6.45) is 2.12. The van der Waals surface area contributed by atoms with Gasteiger partial charge in [-0.05, 0) is 55.3 Å². The van der Waals surface area contributed by atoms with E-state index in [9.17, 15) is 4.79 Å². The van der Waals surface area contributed by atoms with E-state index in [1.54, 1.807) is 24.3 Å². The van der Waals surface area contributed by atoms with Crippen molar-refractivity contribution >= 4 is 5.97 Å². The average Bonchev–Trinajstić information content (AvgIpc) is 2.50. The lowest BCUT2D eigenvalue weighted by Crippen LogP contribution is -2.08. The Balaban J connectivity index is 2.00. The van der Waals surface area contributed by atoms with Crippen LogP contribution in [-0.2, 0) is 6.42 Å². The largest absolute Gasteiger partial charge is 0.494 e. The van der Waals surface area contributed by atoms with Gasteiger partial charge in [0.15, 0.2) is 0 Å². The number of aryl methyl sites for hydroxylation is 1. The number of ether oxygens (including phenoxy) is 2. The predicted molar refractivity (Wildman–Crippen MR) is 83.0 cm³/mol. The topological polar surface area (TPSA) is 35.5 Å². The molecule has 0 bridgehead atoms. The molecular formula is C18H20O3. The van der Waals surface area contributed by atoms with Gasteiger partial charge >= 0.3 is 5.97 Å². The summed E-state index contributed by atoms with van der Waals surface area (Å²) < 4.78 is 10.7. The number of carbonyl (C=O) groups excluding carboxylic acids is 1. The fourth-order valence-corrected chi connectivity index (χ4v) is 2.03. The summed E-state index contributed by atoms with van der Waals surface area (Å²) in [4.78, 5) is 12.0. The van der Waals surface area contributed by atoms with E-state index in [4.69, 9.17) is 9.47 Å². The molecule has 0 aliphatic rings. The third-order valence-corrected chi connectivity index (χ3v) is 3.07. The van der Waals surface area contributed by atoms with Gasteiger partial charge in [0.25, 0.3) is 0 Å². The summed E-state index contributed by atoms with van der Waals surface area (Å²) >= 11 is 0. The van der Waals surface area contributed by atoms with Gasteiger partial charge < -0.3 is 9.47 Å². The molecule has 0 N–H and O–H groups in total. The third-order valence-electron chi connectivity index (χ3n) is 3.07. The molecule has 0 radical (unpaired) electrons. The van der Waals surface area contributed by atoms with Crippen molar-refractivity contribution in [3.05, 3.63) is 59.7 Å². The highest BCUT2D eigenvalue weighted by molar-refractivity contribution is 5.91. The highest BCUT2D eigenvalue weighted by Crippen LogP contribution is 2.19. The Morgan fingerprint density at radius 2 is 1.52 bits per heavy atom. The minimum atomic E-state index is -0.345. The molecule has 3 heteroatoms. The van der Waals surface area contributed by atoms with E-state index < -0.39 is 0 Å². The Morgan fingerprint density at radius 3 is 2.10 bits per heavy atom. The molecule has 110 valence electrons. The molecule has 21 heavy (non-hydrogen) atoms. The van der Waals surface area contributed by atoms with Crippen molar-refractivity contribution in [2.45, 2.75) is 26.7 Å². The van der Waals surface area contributed by atoms with E-state index in [-0.39, 0.29) is 5.97 Å². The molecule has 0 heterocycles. The Bertz CT molecular complexity index is 570. The third kappa shape index (κ3) is 4.35. The Hall–Kier alpha value is -2.29. The monoisotopic (exact) mass is 284 g/mol. The highest BCUT2D eigenvalue weighted by atomic mass is 16.5. The first-order valence-electron chi connectivity index (χ1n) is 7.27. The van der Waals surface area contributed by atoms with Crippen LogP contribution >= 0.6 is 0 Å². The summed E-state index contributed by atoms with van der Waals surface area (Å²) in [7, 11) is 0. The normalized spacial score (nSPS) is 10.2. The molecule has 0 aliphatic heterocycles. The number of esters is 1. The molecule has 0 saturated heterocycles. The van der Waals surface area contributed by atoms with Crippen molar-refractivity contribution < 1.29 is 14.3 Å². The molecule has 0 amide bonds. The second-order valence-corrected chi connectivity index (χ2v) is 4.74. The Labute approximate surface area is 125 Å². The second-order valence-electron chi connectivity index (χ2n) is 4.74. The van der Waals surface area contributed by atoms with Crippen molar-refractivity contribution in [3.63, 3.8) is 0 Å². The molecule has 0 unspecified atom stereocenters. The zero-order valence-electron chi connectivity index (χ0n) is 12.5. The maximum atomic E-state index is 12.0. The van der Waals surface area contributed by atoms with E-state index in [0.717, 1.165) is 18.6 Å². The van der Waals surface area contributed by atoms with E-state index in [1.807, 2.05) is 31.2 Å². The lowest BCUT2D eigenvalue weighted by atomic mass is 10.1. The Kier molecular flexibility index (Phi) is 5.38. The van der Waals surface area contributed by atoms with Gasteiger partial charge in [-0.15, -0.1) is 0 Å². The first-order chi connectivity index (χ1) is 10.2. The summed E-state index contributed by atoms with van der Waals surface area (Å²) in [5.74, 6) is 0.935. The van der Waals surface area contributed by atoms with Crippen LogP contribution in [0.2, 0.25) is 0 Å². The number of hydrogen-bond donors (Lipinski definition) is 0. The van der Waals surface area contributed by atoms with Gasteiger partial charge in [-0.2, -0.15) is 0 Å². The predicted octanol–water partition coefficient (Wildman–Crippen LogP) is 4.26. The van der Waals surface area contributed by atoms with Crippen LogP contribution in [0.25, 0.3) is 0 Å². The molecule has 0 aliphatic carbocycles. The minimum absolute atomic E-state index is 0.345. The van der Waals surface area contributed by atoms with Crippen molar-refractivity contribution in [3.8, 4) is 11.5 Å². The molecular weight excluding hydrogens is 264 g/mol. The van der Waals surface area contributed by atoms with Gasteiger partial charge in [0.2, 0.25) is 0 Å². The van der Waals surface area contributed by atoms with E-state index in [0.29, 0.717) is 17.9 Å². The molecule has 2 aromatic carbocycles. The van der Waals surface area contributed by atoms with Crippen LogP contribution in [0.3, 0.4) is 0 Å². The summed E-state index contributed by atoms with van der Waals surface area (Å²) in [5, 5.41) is 0. The van der Waals surface area contributed by atoms with Crippen LogP contribution in [0.15, 0.2) is 48.5 Å². The minimum Gasteiger partial charge on any atom is -0.494 e. The molecule has 2 aromatic rings. The zero-order chi connectivity index (χ0) is 15.1. The average molecular weight is 284 g/mol. The molecule has 0 fully saturated rings. The van der Waals surface area contributed by atoms with E-state index in [1.165, 1.54) is 5.56 Å². The molecule has 2 rings (SSSR count). The summed E-state index contributed by atoms with van der Waals surface area (Å²) in [5.41, 5.74) is 1.79. The van der Waals surface area contributed by atoms with Crippen LogP contribution in [-0.4, -0.2) is 12.6 Å².